The summed E-state index contributed by atoms with van der Waals surface area (Å²) in [6.07, 6.45) is -5.97. The minimum atomic E-state index is -4.78. The molecule has 11 nitrogen and oxygen atoms in total. The molecule has 0 radical (unpaired) electrons. The fourth-order valence-electron chi connectivity index (χ4n) is 4.30. The number of fused-ring (bicyclic) bond motifs is 3. The van der Waals surface area contributed by atoms with Crippen LogP contribution in [0.2, 0.25) is 0 Å². The van der Waals surface area contributed by atoms with Crippen LogP contribution in [-0.4, -0.2) is 55.4 Å². The van der Waals surface area contributed by atoms with Crippen molar-refractivity contribution in [1.82, 2.24) is 4.90 Å². The number of amides is 2. The Morgan fingerprint density at radius 1 is 1.17 bits per heavy atom. The number of primary amides is 1. The first-order valence-electron chi connectivity index (χ1n) is 10.1. The van der Waals surface area contributed by atoms with Crippen molar-refractivity contribution in [1.29, 1.82) is 0 Å². The highest BCUT2D eigenvalue weighted by Gasteiger charge is 2.51. The van der Waals surface area contributed by atoms with Gasteiger partial charge in [-0.1, -0.05) is 0 Å². The smallest absolute Gasteiger partial charge is 0.368 e. The van der Waals surface area contributed by atoms with E-state index in [1.807, 2.05) is 0 Å². The summed E-state index contributed by atoms with van der Waals surface area (Å²) in [6.45, 7) is 0.573. The van der Waals surface area contributed by atoms with Gasteiger partial charge in [0.15, 0.2) is 0 Å². The van der Waals surface area contributed by atoms with Crippen LogP contribution >= 0.6 is 0 Å². The zero-order valence-electron chi connectivity index (χ0n) is 18.0. The Kier molecular flexibility index (Phi) is 5.62. The van der Waals surface area contributed by atoms with Gasteiger partial charge in [0.25, 0.3) is 15.7 Å². The molecular formula is C20H18F3N5O6S. The maximum atomic E-state index is 13.7. The van der Waals surface area contributed by atoms with Gasteiger partial charge in [-0.05, 0) is 37.3 Å². The number of halogens is 3. The van der Waals surface area contributed by atoms with Crippen LogP contribution in [0.1, 0.15) is 12.5 Å². The second-order valence-electron chi connectivity index (χ2n) is 8.00. The van der Waals surface area contributed by atoms with E-state index in [4.69, 9.17) is 5.73 Å². The van der Waals surface area contributed by atoms with E-state index >= 15 is 0 Å². The van der Waals surface area contributed by atoms with E-state index in [9.17, 15) is 41.3 Å². The van der Waals surface area contributed by atoms with E-state index in [0.29, 0.717) is 6.07 Å². The number of nitrogens with two attached hydrogens (primary N) is 1. The summed E-state index contributed by atoms with van der Waals surface area (Å²) >= 11 is 0. The molecule has 0 unspecified atom stereocenters. The lowest BCUT2D eigenvalue weighted by Crippen LogP contribution is -2.65. The molecule has 2 atom stereocenters. The SMILES string of the molecule is C[C@H]1C(=O)N(CC(N)=O)C[C@H]2N1c1ccc(C(F)(F)F)cc1N2S(=O)(=O)c1ccc([N+](=O)[O-])cc1. The average molecular weight is 513 g/mol. The van der Waals surface area contributed by atoms with Crippen LogP contribution in [-0.2, 0) is 25.8 Å². The number of non-ortho nitro benzene ring substituents is 1. The Morgan fingerprint density at radius 3 is 2.34 bits per heavy atom. The first-order chi connectivity index (χ1) is 16.2. The Morgan fingerprint density at radius 2 is 1.80 bits per heavy atom. The third kappa shape index (κ3) is 4.00. The van der Waals surface area contributed by atoms with E-state index in [2.05, 4.69) is 0 Å². The summed E-state index contributed by atoms with van der Waals surface area (Å²) in [7, 11) is -4.57. The van der Waals surface area contributed by atoms with Gasteiger partial charge in [-0.25, -0.2) is 12.7 Å². The lowest BCUT2D eigenvalue weighted by Gasteiger charge is -2.44. The molecule has 2 aliphatic heterocycles. The van der Waals surface area contributed by atoms with Crippen molar-refractivity contribution in [3.05, 3.63) is 58.1 Å². The number of hydrogen-bond acceptors (Lipinski definition) is 7. The van der Waals surface area contributed by atoms with Crippen LogP contribution in [0.4, 0.5) is 30.2 Å². The van der Waals surface area contributed by atoms with Crippen LogP contribution in [0, 0.1) is 10.1 Å². The van der Waals surface area contributed by atoms with Gasteiger partial charge in [0, 0.05) is 12.1 Å². The van der Waals surface area contributed by atoms with Gasteiger partial charge in [0.05, 0.1) is 39.8 Å². The molecule has 35 heavy (non-hydrogen) atoms. The number of nitro benzene ring substituents is 1. The molecule has 2 aromatic carbocycles. The van der Waals surface area contributed by atoms with Crippen molar-refractivity contribution < 1.29 is 36.1 Å². The number of carbonyl (C=O) groups is 2. The predicted octanol–water partition coefficient (Wildman–Crippen LogP) is 1.67. The van der Waals surface area contributed by atoms with Crippen LogP contribution in [0.25, 0.3) is 0 Å². The van der Waals surface area contributed by atoms with Crippen molar-refractivity contribution in [2.24, 2.45) is 5.73 Å². The van der Waals surface area contributed by atoms with Crippen molar-refractivity contribution in [2.45, 2.75) is 30.2 Å². The summed E-state index contributed by atoms with van der Waals surface area (Å²) < 4.78 is 68.5. The highest BCUT2D eigenvalue weighted by Crippen LogP contribution is 2.48. The maximum Gasteiger partial charge on any atom is 0.416 e. The largest absolute Gasteiger partial charge is 0.416 e. The molecule has 2 amide bonds. The Balaban J connectivity index is 1.89. The zero-order valence-corrected chi connectivity index (χ0v) is 18.8. The molecule has 2 N–H and O–H groups in total. The van der Waals surface area contributed by atoms with E-state index in [-0.39, 0.29) is 23.6 Å². The molecule has 0 aromatic heterocycles. The molecule has 186 valence electrons. The average Bonchev–Trinajstić information content (AvgIpc) is 3.10. The minimum Gasteiger partial charge on any atom is -0.368 e. The molecule has 4 rings (SSSR count). The van der Waals surface area contributed by atoms with E-state index < -0.39 is 62.1 Å². The van der Waals surface area contributed by atoms with E-state index in [0.717, 1.165) is 45.6 Å². The van der Waals surface area contributed by atoms with Crippen molar-refractivity contribution in [2.75, 3.05) is 22.3 Å². The Hall–Kier alpha value is -3.88. The lowest BCUT2D eigenvalue weighted by molar-refractivity contribution is -0.384. The molecule has 2 aromatic rings. The number of benzene rings is 2. The van der Waals surface area contributed by atoms with Crippen molar-refractivity contribution >= 4 is 38.9 Å². The van der Waals surface area contributed by atoms with E-state index in [1.165, 1.54) is 11.8 Å². The quantitative estimate of drug-likeness (QED) is 0.472. The van der Waals surface area contributed by atoms with Gasteiger partial charge in [-0.3, -0.25) is 19.7 Å². The van der Waals surface area contributed by atoms with Crippen molar-refractivity contribution in [3.63, 3.8) is 0 Å². The van der Waals surface area contributed by atoms with Crippen LogP contribution < -0.4 is 14.9 Å². The summed E-state index contributed by atoms with van der Waals surface area (Å²) in [6, 6.07) is 5.38. The van der Waals surface area contributed by atoms with Gasteiger partial charge in [0.1, 0.15) is 12.2 Å². The summed E-state index contributed by atoms with van der Waals surface area (Å²) in [5.41, 5.74) is 3.49. The first-order valence-corrected chi connectivity index (χ1v) is 11.5. The Bertz CT molecular complexity index is 1330. The molecule has 2 heterocycles. The number of carbonyl (C=O) groups excluding carboxylic acids is 2. The number of nitro groups is 1. The normalized spacial score (nSPS) is 20.0. The molecule has 0 bridgehead atoms. The van der Waals surface area contributed by atoms with E-state index in [1.54, 1.807) is 0 Å². The summed E-state index contributed by atoms with van der Waals surface area (Å²) in [4.78, 5) is 36.5. The number of hydrogen-bond donors (Lipinski definition) is 1. The zero-order chi connectivity index (χ0) is 25.9. The number of anilines is 2. The third-order valence-electron chi connectivity index (χ3n) is 5.83. The molecular weight excluding hydrogens is 495 g/mol. The maximum absolute atomic E-state index is 13.7. The van der Waals surface area contributed by atoms with Gasteiger partial charge in [-0.2, -0.15) is 13.2 Å². The topological polar surface area (TPSA) is 147 Å². The molecule has 0 saturated carbocycles. The molecule has 1 saturated heterocycles. The van der Waals surface area contributed by atoms with Gasteiger partial charge in [-0.15, -0.1) is 0 Å². The van der Waals surface area contributed by atoms with Crippen LogP contribution in [0.15, 0.2) is 47.4 Å². The summed E-state index contributed by atoms with van der Waals surface area (Å²) in [5.74, 6) is -1.40. The fraction of sp³-hybridized carbons (Fsp3) is 0.300. The van der Waals surface area contributed by atoms with Gasteiger partial charge < -0.3 is 15.5 Å². The second kappa shape index (κ2) is 8.11. The molecule has 1 fully saturated rings. The van der Waals surface area contributed by atoms with Gasteiger partial charge in [0.2, 0.25) is 11.8 Å². The third-order valence-corrected chi connectivity index (χ3v) is 7.66. The fourth-order valence-corrected chi connectivity index (χ4v) is 5.90. The molecule has 15 heteroatoms. The molecule has 0 spiro atoms. The number of alkyl halides is 3. The number of rotatable bonds is 5. The molecule has 0 aliphatic carbocycles. The number of piperazine rings is 1. The first kappa shape index (κ1) is 24.3. The number of sulfonamides is 1. The monoisotopic (exact) mass is 513 g/mol. The van der Waals surface area contributed by atoms with Crippen LogP contribution in [0.3, 0.4) is 0 Å². The van der Waals surface area contributed by atoms with Crippen LogP contribution in [0.5, 0.6) is 0 Å². The number of nitrogens with zero attached hydrogens (tertiary/aromatic N) is 4. The minimum absolute atomic E-state index is 0.0769. The Labute approximate surface area is 196 Å². The summed E-state index contributed by atoms with van der Waals surface area (Å²) in [5, 5.41) is 10.9. The second-order valence-corrected chi connectivity index (χ2v) is 9.82. The van der Waals surface area contributed by atoms with Crippen molar-refractivity contribution in [3.8, 4) is 0 Å². The predicted molar refractivity (Wildman–Crippen MR) is 116 cm³/mol. The highest BCUT2D eigenvalue weighted by molar-refractivity contribution is 7.93. The highest BCUT2D eigenvalue weighted by atomic mass is 32.2. The van der Waals surface area contributed by atoms with Gasteiger partial charge >= 0.3 is 6.18 Å². The lowest BCUT2D eigenvalue weighted by atomic mass is 10.1. The standard InChI is InChI=1S/C20H18F3N5O6S/c1-11-19(30)25(9-17(24)29)10-18-26(11)15-7-2-12(20(21,22)23)8-16(15)27(18)35(33,34)14-5-3-13(4-6-14)28(31)32/h2-8,11,18H,9-10H2,1H3,(H2,24,29)/t11-,18-/m0/s1. The molecule has 2 aliphatic rings.